The van der Waals surface area contributed by atoms with Gasteiger partial charge in [-0.05, 0) is 56.4 Å². The van der Waals surface area contributed by atoms with E-state index in [0.29, 0.717) is 6.54 Å². The molecular weight excluding hydrogens is 468 g/mol. The molecule has 1 aliphatic rings. The minimum atomic E-state index is 0.554. The Kier molecular flexibility index (Phi) is 17.1. The highest BCUT2D eigenvalue weighted by molar-refractivity contribution is 6.10. The molecule has 1 fully saturated rings. The SMILES string of the molecule is C=C(/N=C\C(=C/C)c1cccc(CN(C)/C(=C/C)CN)c1)N1CCCCCC1.CCC.Cc1cnccn1. The molecule has 6 heteroatoms. The number of nitrogens with zero attached hydrogens (tertiary/aromatic N) is 5. The van der Waals surface area contributed by atoms with Crippen molar-refractivity contribution in [1.29, 1.82) is 0 Å². The van der Waals surface area contributed by atoms with Gasteiger partial charge in [0.05, 0.1) is 5.69 Å². The molecule has 2 aromatic rings. The fraction of sp³-hybridized carbons (Fsp3) is 0.469. The summed E-state index contributed by atoms with van der Waals surface area (Å²) in [5.74, 6) is 0.873. The second kappa shape index (κ2) is 19.8. The highest BCUT2D eigenvalue weighted by Gasteiger charge is 2.10. The Bertz CT molecular complexity index is 1000. The number of allylic oxidation sites excluding steroid dienone is 3. The van der Waals surface area contributed by atoms with Crippen LogP contribution >= 0.6 is 0 Å². The van der Waals surface area contributed by atoms with E-state index in [4.69, 9.17) is 5.73 Å². The van der Waals surface area contributed by atoms with Gasteiger partial charge in [-0.1, -0.05) is 70.0 Å². The molecule has 38 heavy (non-hydrogen) atoms. The fourth-order valence-electron chi connectivity index (χ4n) is 3.96. The van der Waals surface area contributed by atoms with E-state index in [2.05, 4.69) is 95.6 Å². The lowest BCUT2D eigenvalue weighted by Gasteiger charge is -2.22. The molecular formula is C32H50N6. The zero-order valence-electron chi connectivity index (χ0n) is 24.7. The van der Waals surface area contributed by atoms with Gasteiger partial charge in [-0.2, -0.15) is 0 Å². The molecule has 0 amide bonds. The second-order valence-corrected chi connectivity index (χ2v) is 9.41. The highest BCUT2D eigenvalue weighted by Crippen LogP contribution is 2.19. The molecule has 2 N–H and O–H groups in total. The summed E-state index contributed by atoms with van der Waals surface area (Å²) >= 11 is 0. The number of likely N-dealkylation sites (tertiary alicyclic amines) is 1. The summed E-state index contributed by atoms with van der Waals surface area (Å²) in [6, 6.07) is 8.64. The average molecular weight is 519 g/mol. The normalized spacial score (nSPS) is 14.1. The Labute approximate surface area is 232 Å². The Balaban J connectivity index is 0.000000605. The van der Waals surface area contributed by atoms with Gasteiger partial charge in [-0.3, -0.25) is 9.97 Å². The monoisotopic (exact) mass is 518 g/mol. The lowest BCUT2D eigenvalue weighted by Crippen LogP contribution is -2.23. The summed E-state index contributed by atoms with van der Waals surface area (Å²) in [7, 11) is 2.08. The molecule has 2 heterocycles. The van der Waals surface area contributed by atoms with E-state index in [-0.39, 0.29) is 0 Å². The third-order valence-corrected chi connectivity index (χ3v) is 6.04. The summed E-state index contributed by atoms with van der Waals surface area (Å²) in [5, 5.41) is 0. The van der Waals surface area contributed by atoms with Crippen molar-refractivity contribution in [2.75, 3.05) is 26.7 Å². The van der Waals surface area contributed by atoms with E-state index < -0.39 is 0 Å². The van der Waals surface area contributed by atoms with Crippen LogP contribution < -0.4 is 5.73 Å². The lowest BCUT2D eigenvalue weighted by molar-refractivity contribution is 0.357. The minimum absolute atomic E-state index is 0.554. The Hall–Kier alpha value is -3.25. The molecule has 0 unspecified atom stereocenters. The summed E-state index contributed by atoms with van der Waals surface area (Å²) < 4.78 is 0. The molecule has 0 radical (unpaired) electrons. The maximum Gasteiger partial charge on any atom is 0.121 e. The zero-order valence-corrected chi connectivity index (χ0v) is 24.7. The van der Waals surface area contributed by atoms with Gasteiger partial charge in [0.25, 0.3) is 0 Å². The number of benzene rings is 1. The Morgan fingerprint density at radius 3 is 2.29 bits per heavy atom. The first-order valence-corrected chi connectivity index (χ1v) is 13.9. The highest BCUT2D eigenvalue weighted by atomic mass is 15.2. The number of likely N-dealkylation sites (N-methyl/N-ethyl adjacent to an activating group) is 1. The van der Waals surface area contributed by atoms with Crippen molar-refractivity contribution in [2.24, 2.45) is 10.7 Å². The fourth-order valence-corrected chi connectivity index (χ4v) is 3.96. The third kappa shape index (κ3) is 12.8. The summed E-state index contributed by atoms with van der Waals surface area (Å²) in [6.07, 6.45) is 17.5. The second-order valence-electron chi connectivity index (χ2n) is 9.41. The van der Waals surface area contributed by atoms with Gasteiger partial charge in [-0.15, -0.1) is 0 Å². The third-order valence-electron chi connectivity index (χ3n) is 6.04. The molecule has 3 rings (SSSR count). The van der Waals surface area contributed by atoms with Crippen LogP contribution in [0.5, 0.6) is 0 Å². The van der Waals surface area contributed by atoms with Crippen molar-refractivity contribution in [1.82, 2.24) is 19.8 Å². The topological polar surface area (TPSA) is 70.6 Å². The summed E-state index contributed by atoms with van der Waals surface area (Å²) in [6.45, 7) is 18.0. The number of aryl methyl sites for hydroxylation is 1. The summed E-state index contributed by atoms with van der Waals surface area (Å²) in [4.78, 5) is 16.9. The maximum atomic E-state index is 5.83. The molecule has 6 nitrogen and oxygen atoms in total. The number of nitrogens with two attached hydrogens (primary N) is 1. The van der Waals surface area contributed by atoms with Crippen molar-refractivity contribution in [3.05, 3.63) is 89.9 Å². The molecule has 208 valence electrons. The van der Waals surface area contributed by atoms with E-state index in [1.54, 1.807) is 18.6 Å². The van der Waals surface area contributed by atoms with Crippen LogP contribution in [0.3, 0.4) is 0 Å². The lowest BCUT2D eigenvalue weighted by atomic mass is 10.0. The summed E-state index contributed by atoms with van der Waals surface area (Å²) in [5.41, 5.74) is 11.5. The first-order valence-electron chi connectivity index (χ1n) is 13.9. The zero-order chi connectivity index (χ0) is 28.2. The smallest absolute Gasteiger partial charge is 0.121 e. The van der Waals surface area contributed by atoms with E-state index in [9.17, 15) is 0 Å². The quantitative estimate of drug-likeness (QED) is 0.381. The van der Waals surface area contributed by atoms with Crippen molar-refractivity contribution < 1.29 is 0 Å². The number of aliphatic imine (C=N–C) groups is 1. The van der Waals surface area contributed by atoms with Crippen LogP contribution in [0.2, 0.25) is 0 Å². The van der Waals surface area contributed by atoms with Crippen LogP contribution in [0.25, 0.3) is 5.57 Å². The minimum Gasteiger partial charge on any atom is -0.373 e. The molecule has 0 spiro atoms. The first-order chi connectivity index (χ1) is 18.4. The van der Waals surface area contributed by atoms with Gasteiger partial charge >= 0.3 is 0 Å². The van der Waals surface area contributed by atoms with Crippen LogP contribution in [0, 0.1) is 6.92 Å². The van der Waals surface area contributed by atoms with Crippen LogP contribution in [0.4, 0.5) is 0 Å². The average Bonchev–Trinajstić information content (AvgIpc) is 3.21. The van der Waals surface area contributed by atoms with Gasteiger partial charge in [0.2, 0.25) is 0 Å². The number of aromatic nitrogens is 2. The van der Waals surface area contributed by atoms with Crippen molar-refractivity contribution in [3.63, 3.8) is 0 Å². The van der Waals surface area contributed by atoms with Gasteiger partial charge in [0, 0.05) is 63.7 Å². The number of hydrogen-bond donors (Lipinski definition) is 1. The Morgan fingerprint density at radius 1 is 1.11 bits per heavy atom. The van der Waals surface area contributed by atoms with Crippen molar-refractivity contribution in [3.8, 4) is 0 Å². The molecule has 1 aliphatic heterocycles. The number of rotatable bonds is 8. The van der Waals surface area contributed by atoms with Gasteiger partial charge < -0.3 is 15.5 Å². The van der Waals surface area contributed by atoms with E-state index in [1.165, 1.54) is 43.2 Å². The predicted molar refractivity (Wildman–Crippen MR) is 165 cm³/mol. The van der Waals surface area contributed by atoms with E-state index in [1.807, 2.05) is 20.1 Å². The predicted octanol–water partition coefficient (Wildman–Crippen LogP) is 7.00. The van der Waals surface area contributed by atoms with E-state index >= 15 is 0 Å². The standard InChI is InChI=1S/C24H36N4.C5H6N2.C3H8/c1-5-22(18-26-20(3)28-14-9-7-8-10-15-28)23-13-11-12-21(16-23)19-27(4)24(6-2)17-25;1-5-4-6-2-3-7-5;1-3-2/h5-6,11-13,16,18H,3,7-10,14-15,17,19,25H2,1-2,4H3;2-4H,1H3;3H2,1-2H3/b22-5+,24-6+,26-18-;;. The van der Waals surface area contributed by atoms with Gasteiger partial charge in [0.1, 0.15) is 5.82 Å². The first kappa shape index (κ1) is 32.8. The van der Waals surface area contributed by atoms with Crippen LogP contribution in [-0.4, -0.2) is 52.7 Å². The Morgan fingerprint density at radius 2 is 1.79 bits per heavy atom. The van der Waals surface area contributed by atoms with Gasteiger partial charge in [0.15, 0.2) is 0 Å². The molecule has 1 saturated heterocycles. The van der Waals surface area contributed by atoms with Crippen molar-refractivity contribution >= 4 is 11.8 Å². The molecule has 0 atom stereocenters. The van der Waals surface area contributed by atoms with Crippen LogP contribution in [0.1, 0.15) is 76.6 Å². The molecule has 1 aromatic heterocycles. The van der Waals surface area contributed by atoms with Gasteiger partial charge in [-0.25, -0.2) is 4.99 Å². The number of hydrogen-bond acceptors (Lipinski definition) is 6. The van der Waals surface area contributed by atoms with Crippen LogP contribution in [0.15, 0.2) is 78.1 Å². The molecule has 0 aliphatic carbocycles. The molecule has 0 saturated carbocycles. The maximum absolute atomic E-state index is 5.83. The molecule has 1 aromatic carbocycles. The van der Waals surface area contributed by atoms with Crippen molar-refractivity contribution in [2.45, 2.75) is 73.3 Å². The largest absolute Gasteiger partial charge is 0.373 e. The van der Waals surface area contributed by atoms with Crippen LogP contribution in [-0.2, 0) is 6.54 Å². The molecule has 0 bridgehead atoms. The van der Waals surface area contributed by atoms with E-state index in [0.717, 1.165) is 42.4 Å².